The van der Waals surface area contributed by atoms with Crippen molar-refractivity contribution >= 4 is 22.9 Å². The number of amides is 1. The van der Waals surface area contributed by atoms with Gasteiger partial charge in [0.05, 0.1) is 24.8 Å². The fourth-order valence-corrected chi connectivity index (χ4v) is 2.98. The topological polar surface area (TPSA) is 88.4 Å². The van der Waals surface area contributed by atoms with E-state index in [4.69, 9.17) is 9.84 Å². The van der Waals surface area contributed by atoms with Gasteiger partial charge in [0.15, 0.2) is 0 Å². The van der Waals surface area contributed by atoms with Crippen molar-refractivity contribution < 1.29 is 14.6 Å². The van der Waals surface area contributed by atoms with E-state index in [1.165, 1.54) is 0 Å². The molecule has 142 valence electrons. The number of nitrogens with one attached hydrogen (secondary N) is 2. The van der Waals surface area contributed by atoms with Crippen molar-refractivity contribution in [2.45, 2.75) is 13.0 Å². The van der Waals surface area contributed by atoms with E-state index in [9.17, 15) is 4.79 Å². The molecule has 0 atom stereocenters. The smallest absolute Gasteiger partial charge is 0.240 e. The Morgan fingerprint density at radius 2 is 1.93 bits per heavy atom. The van der Waals surface area contributed by atoms with Gasteiger partial charge in [-0.05, 0) is 30.2 Å². The molecule has 0 unspecified atom stereocenters. The second-order valence-corrected chi connectivity index (χ2v) is 6.07. The van der Waals surface area contributed by atoms with E-state index >= 15 is 0 Å². The first kappa shape index (κ1) is 18.7. The number of para-hydroxylation sites is 3. The summed E-state index contributed by atoms with van der Waals surface area (Å²) in [7, 11) is 1.64. The number of rotatable bonds is 9. The molecule has 7 nitrogen and oxygen atoms in total. The van der Waals surface area contributed by atoms with Gasteiger partial charge in [0.2, 0.25) is 11.9 Å². The summed E-state index contributed by atoms with van der Waals surface area (Å²) < 4.78 is 7.16. The molecule has 1 amide bonds. The number of anilines is 1. The van der Waals surface area contributed by atoms with Gasteiger partial charge in [0.1, 0.15) is 12.3 Å². The highest BCUT2D eigenvalue weighted by molar-refractivity contribution is 5.83. The van der Waals surface area contributed by atoms with Crippen LogP contribution in [-0.4, -0.2) is 47.4 Å². The SMILES string of the molecule is COc1ccccc1CCNC(=O)Cn1c(NCCO)nc2ccccc21. The van der Waals surface area contributed by atoms with Crippen molar-refractivity contribution in [2.24, 2.45) is 0 Å². The van der Waals surface area contributed by atoms with Crippen LogP contribution in [0, 0.1) is 0 Å². The number of hydrogen-bond acceptors (Lipinski definition) is 5. The molecule has 2 aromatic carbocycles. The zero-order valence-corrected chi connectivity index (χ0v) is 15.3. The summed E-state index contributed by atoms with van der Waals surface area (Å²) in [5, 5.41) is 15.1. The molecular weight excluding hydrogens is 344 g/mol. The summed E-state index contributed by atoms with van der Waals surface area (Å²) in [5.41, 5.74) is 2.73. The van der Waals surface area contributed by atoms with Crippen molar-refractivity contribution in [3.63, 3.8) is 0 Å². The summed E-state index contributed by atoms with van der Waals surface area (Å²) >= 11 is 0. The molecule has 1 aromatic heterocycles. The Balaban J connectivity index is 1.65. The molecule has 27 heavy (non-hydrogen) atoms. The Morgan fingerprint density at radius 1 is 1.15 bits per heavy atom. The van der Waals surface area contributed by atoms with Gasteiger partial charge in [0.25, 0.3) is 0 Å². The normalized spacial score (nSPS) is 10.7. The van der Waals surface area contributed by atoms with Crippen LogP contribution in [0.3, 0.4) is 0 Å². The molecule has 0 aliphatic carbocycles. The number of aliphatic hydroxyl groups is 1. The average molecular weight is 368 g/mol. The quantitative estimate of drug-likeness (QED) is 0.536. The van der Waals surface area contributed by atoms with Crippen molar-refractivity contribution in [3.05, 3.63) is 54.1 Å². The first-order chi connectivity index (χ1) is 13.2. The summed E-state index contributed by atoms with van der Waals surface area (Å²) in [6.07, 6.45) is 0.691. The highest BCUT2D eigenvalue weighted by Crippen LogP contribution is 2.19. The van der Waals surface area contributed by atoms with Crippen LogP contribution in [0.15, 0.2) is 48.5 Å². The molecule has 0 spiro atoms. The number of aromatic nitrogens is 2. The van der Waals surface area contributed by atoms with E-state index in [1.54, 1.807) is 7.11 Å². The molecule has 0 fully saturated rings. The Bertz CT molecular complexity index is 907. The third-order valence-corrected chi connectivity index (χ3v) is 4.26. The second-order valence-electron chi connectivity index (χ2n) is 6.07. The molecule has 0 saturated carbocycles. The highest BCUT2D eigenvalue weighted by atomic mass is 16.5. The van der Waals surface area contributed by atoms with Crippen LogP contribution in [0.1, 0.15) is 5.56 Å². The first-order valence-corrected chi connectivity index (χ1v) is 8.91. The van der Waals surface area contributed by atoms with E-state index in [0.29, 0.717) is 25.5 Å². The third-order valence-electron chi connectivity index (χ3n) is 4.26. The van der Waals surface area contributed by atoms with Crippen LogP contribution in [-0.2, 0) is 17.8 Å². The maximum Gasteiger partial charge on any atom is 0.240 e. The zero-order chi connectivity index (χ0) is 19.1. The largest absolute Gasteiger partial charge is 0.496 e. The fourth-order valence-electron chi connectivity index (χ4n) is 2.98. The number of methoxy groups -OCH3 is 1. The molecular formula is C20H24N4O3. The lowest BCUT2D eigenvalue weighted by molar-refractivity contribution is -0.121. The van der Waals surface area contributed by atoms with Crippen molar-refractivity contribution in [2.75, 3.05) is 32.1 Å². The molecule has 1 heterocycles. The van der Waals surface area contributed by atoms with E-state index in [0.717, 1.165) is 22.3 Å². The molecule has 0 aliphatic heterocycles. The third kappa shape index (κ3) is 4.57. The number of carbonyl (C=O) groups is 1. The van der Waals surface area contributed by atoms with Gasteiger partial charge in [-0.15, -0.1) is 0 Å². The van der Waals surface area contributed by atoms with E-state index in [2.05, 4.69) is 15.6 Å². The molecule has 0 saturated heterocycles. The Morgan fingerprint density at radius 3 is 2.74 bits per heavy atom. The summed E-state index contributed by atoms with van der Waals surface area (Å²) in [4.78, 5) is 17.0. The lowest BCUT2D eigenvalue weighted by Crippen LogP contribution is -2.30. The average Bonchev–Trinajstić information content (AvgIpc) is 3.04. The van der Waals surface area contributed by atoms with Gasteiger partial charge in [-0.3, -0.25) is 4.79 Å². The number of ether oxygens (including phenoxy) is 1. The number of imidazole rings is 1. The Kier molecular flexibility index (Phi) is 6.27. The van der Waals surface area contributed by atoms with Gasteiger partial charge >= 0.3 is 0 Å². The number of nitrogens with zero attached hydrogens (tertiary/aromatic N) is 2. The van der Waals surface area contributed by atoms with Crippen LogP contribution >= 0.6 is 0 Å². The highest BCUT2D eigenvalue weighted by Gasteiger charge is 2.13. The van der Waals surface area contributed by atoms with Crippen LogP contribution in [0.4, 0.5) is 5.95 Å². The maximum absolute atomic E-state index is 12.5. The molecule has 3 N–H and O–H groups in total. The van der Waals surface area contributed by atoms with Gasteiger partial charge in [0, 0.05) is 13.1 Å². The van der Waals surface area contributed by atoms with Crippen molar-refractivity contribution in [1.82, 2.24) is 14.9 Å². The van der Waals surface area contributed by atoms with E-state index < -0.39 is 0 Å². The van der Waals surface area contributed by atoms with Crippen molar-refractivity contribution in [3.8, 4) is 5.75 Å². The van der Waals surface area contributed by atoms with Gasteiger partial charge in [-0.1, -0.05) is 30.3 Å². The number of hydrogen-bond donors (Lipinski definition) is 3. The lowest BCUT2D eigenvalue weighted by Gasteiger charge is -2.12. The predicted octanol–water partition coefficient (Wildman–Crippen LogP) is 1.81. The van der Waals surface area contributed by atoms with Crippen LogP contribution < -0.4 is 15.4 Å². The summed E-state index contributed by atoms with van der Waals surface area (Å²) in [5.74, 6) is 1.30. The number of aliphatic hydroxyl groups excluding tert-OH is 1. The van der Waals surface area contributed by atoms with Crippen LogP contribution in [0.2, 0.25) is 0 Å². The fraction of sp³-hybridized carbons (Fsp3) is 0.300. The molecule has 0 bridgehead atoms. The van der Waals surface area contributed by atoms with Gasteiger partial charge in [-0.25, -0.2) is 4.98 Å². The maximum atomic E-state index is 12.5. The predicted molar refractivity (Wildman–Crippen MR) is 105 cm³/mol. The molecule has 3 rings (SSSR count). The standard InChI is InChI=1S/C20H24N4O3/c1-27-18-9-5-2-6-15(18)10-11-21-19(26)14-24-17-8-4-3-7-16(17)23-20(24)22-12-13-25/h2-9,25H,10-14H2,1H3,(H,21,26)(H,22,23). The monoisotopic (exact) mass is 368 g/mol. The molecule has 0 radical (unpaired) electrons. The molecule has 7 heteroatoms. The molecule has 0 aliphatic rings. The minimum atomic E-state index is -0.0971. The Hall–Kier alpha value is -3.06. The number of fused-ring (bicyclic) bond motifs is 1. The van der Waals surface area contributed by atoms with Crippen molar-refractivity contribution in [1.29, 1.82) is 0 Å². The molecule has 3 aromatic rings. The number of carbonyl (C=O) groups excluding carboxylic acids is 1. The van der Waals surface area contributed by atoms with Gasteiger partial charge < -0.3 is 25.0 Å². The summed E-state index contributed by atoms with van der Waals surface area (Å²) in [6.45, 7) is 1.04. The van der Waals surface area contributed by atoms with Crippen LogP contribution in [0.5, 0.6) is 5.75 Å². The minimum Gasteiger partial charge on any atom is -0.496 e. The second kappa shape index (κ2) is 9.05. The summed E-state index contributed by atoms with van der Waals surface area (Å²) in [6, 6.07) is 15.4. The van der Waals surface area contributed by atoms with E-state index in [1.807, 2.05) is 53.1 Å². The minimum absolute atomic E-state index is 0.00564. The number of benzene rings is 2. The Labute approximate surface area is 158 Å². The van der Waals surface area contributed by atoms with Gasteiger partial charge in [-0.2, -0.15) is 0 Å². The van der Waals surface area contributed by atoms with E-state index in [-0.39, 0.29) is 19.1 Å². The first-order valence-electron chi connectivity index (χ1n) is 8.91. The lowest BCUT2D eigenvalue weighted by atomic mass is 10.1. The van der Waals surface area contributed by atoms with Crippen LogP contribution in [0.25, 0.3) is 11.0 Å². The zero-order valence-electron chi connectivity index (χ0n) is 15.3.